The van der Waals surface area contributed by atoms with E-state index in [2.05, 4.69) is 30.5 Å². The number of hydrogen-bond acceptors (Lipinski definition) is 6. The van der Waals surface area contributed by atoms with E-state index < -0.39 is 5.91 Å². The molecule has 0 radical (unpaired) electrons. The highest BCUT2D eigenvalue weighted by Gasteiger charge is 2.12. The van der Waals surface area contributed by atoms with Crippen molar-refractivity contribution in [3.8, 4) is 11.4 Å². The maximum atomic E-state index is 12.4. The average Bonchev–Trinajstić information content (AvgIpc) is 2.68. The molecule has 7 nitrogen and oxygen atoms in total. The minimum atomic E-state index is -0.414. The lowest BCUT2D eigenvalue weighted by Gasteiger charge is -2.06. The highest BCUT2D eigenvalue weighted by atomic mass is 16.2. The minimum Gasteiger partial charge on any atom is -0.319 e. The van der Waals surface area contributed by atoms with E-state index in [4.69, 9.17) is 0 Å². The first kappa shape index (κ1) is 15.8. The van der Waals surface area contributed by atoms with Gasteiger partial charge in [-0.1, -0.05) is 12.1 Å². The molecule has 0 atom stereocenters. The Morgan fingerprint density at radius 1 is 0.885 bits per heavy atom. The molecule has 1 N–H and O–H groups in total. The number of hydrogen-bond donors (Lipinski definition) is 1. The molecule has 4 aromatic rings. The van der Waals surface area contributed by atoms with E-state index in [0.717, 1.165) is 11.3 Å². The van der Waals surface area contributed by atoms with Crippen LogP contribution >= 0.6 is 0 Å². The lowest BCUT2D eigenvalue weighted by Crippen LogP contribution is -2.16. The maximum absolute atomic E-state index is 12.4. The number of fused-ring (bicyclic) bond motifs is 1. The van der Waals surface area contributed by atoms with E-state index in [9.17, 15) is 4.79 Å². The molecule has 0 aliphatic heterocycles. The normalized spacial score (nSPS) is 10.7. The molecule has 1 amide bonds. The molecule has 7 heteroatoms. The third-order valence-corrected chi connectivity index (χ3v) is 3.76. The van der Waals surface area contributed by atoms with Crippen molar-refractivity contribution in [2.75, 3.05) is 5.32 Å². The van der Waals surface area contributed by atoms with E-state index in [-0.39, 0.29) is 5.82 Å². The summed E-state index contributed by atoms with van der Waals surface area (Å²) in [5.74, 6) is 0.252. The number of nitrogens with one attached hydrogen (secondary N) is 1. The van der Waals surface area contributed by atoms with Crippen LogP contribution in [0.25, 0.3) is 22.4 Å². The third-order valence-electron chi connectivity index (χ3n) is 3.76. The molecule has 126 valence electrons. The second kappa shape index (κ2) is 6.64. The Bertz CT molecular complexity index is 1090. The van der Waals surface area contributed by atoms with Gasteiger partial charge in [0.25, 0.3) is 5.91 Å². The summed E-state index contributed by atoms with van der Waals surface area (Å²) in [6, 6.07) is 16.4. The summed E-state index contributed by atoms with van der Waals surface area (Å²) < 4.78 is 0. The molecule has 26 heavy (non-hydrogen) atoms. The van der Waals surface area contributed by atoms with Crippen molar-refractivity contribution in [2.45, 2.75) is 6.92 Å². The number of carbonyl (C=O) groups excluding carboxylic acids is 1. The molecule has 4 rings (SSSR count). The Kier molecular flexibility index (Phi) is 4.03. The largest absolute Gasteiger partial charge is 0.319 e. The highest BCUT2D eigenvalue weighted by molar-refractivity contribution is 6.02. The van der Waals surface area contributed by atoms with E-state index in [1.807, 2.05) is 37.3 Å². The van der Waals surface area contributed by atoms with Gasteiger partial charge in [0.2, 0.25) is 5.82 Å². The minimum absolute atomic E-state index is 0.0230. The number of nitrogens with zero attached hydrogens (tertiary/aromatic N) is 5. The summed E-state index contributed by atoms with van der Waals surface area (Å²) in [4.78, 5) is 25.2. The van der Waals surface area contributed by atoms with Crippen LogP contribution in [0.5, 0.6) is 0 Å². The van der Waals surface area contributed by atoms with Crippen molar-refractivity contribution >= 4 is 22.6 Å². The molecule has 0 aliphatic carbocycles. The van der Waals surface area contributed by atoms with Crippen LogP contribution in [-0.4, -0.2) is 31.1 Å². The SMILES string of the molecule is Cc1ccnc(-c2ccc(NC(=O)c3nnc4ccccc4n3)cc2)n1. The molecular weight excluding hydrogens is 328 g/mol. The second-order valence-corrected chi connectivity index (χ2v) is 5.68. The van der Waals surface area contributed by atoms with Crippen LogP contribution in [-0.2, 0) is 0 Å². The topological polar surface area (TPSA) is 93.6 Å². The van der Waals surface area contributed by atoms with E-state index in [0.29, 0.717) is 22.5 Å². The predicted molar refractivity (Wildman–Crippen MR) is 97.5 cm³/mol. The van der Waals surface area contributed by atoms with Gasteiger partial charge in [-0.15, -0.1) is 10.2 Å². The van der Waals surface area contributed by atoms with Crippen molar-refractivity contribution in [3.05, 3.63) is 72.3 Å². The summed E-state index contributed by atoms with van der Waals surface area (Å²) in [5, 5.41) is 10.7. The molecule has 0 spiro atoms. The fourth-order valence-corrected chi connectivity index (χ4v) is 2.45. The number of aryl methyl sites for hydroxylation is 1. The molecular formula is C19H14N6O. The van der Waals surface area contributed by atoms with Gasteiger partial charge in [-0.2, -0.15) is 0 Å². The molecule has 0 aliphatic rings. The van der Waals surface area contributed by atoms with Crippen LogP contribution in [0, 0.1) is 6.92 Å². The zero-order valence-electron chi connectivity index (χ0n) is 13.9. The molecule has 0 bridgehead atoms. The molecule has 0 unspecified atom stereocenters. The van der Waals surface area contributed by atoms with E-state index in [1.54, 1.807) is 30.5 Å². The lowest BCUT2D eigenvalue weighted by atomic mass is 10.2. The van der Waals surface area contributed by atoms with Gasteiger partial charge in [0, 0.05) is 23.1 Å². The number of amides is 1. The summed E-state index contributed by atoms with van der Waals surface area (Å²) in [5.41, 5.74) is 3.66. The number of rotatable bonds is 3. The highest BCUT2D eigenvalue weighted by Crippen LogP contribution is 2.18. The second-order valence-electron chi connectivity index (χ2n) is 5.68. The van der Waals surface area contributed by atoms with Crippen LogP contribution < -0.4 is 5.32 Å². The summed E-state index contributed by atoms with van der Waals surface area (Å²) in [6.45, 7) is 1.91. The van der Waals surface area contributed by atoms with Gasteiger partial charge in [0.05, 0.1) is 5.52 Å². The lowest BCUT2D eigenvalue weighted by molar-refractivity contribution is 0.101. The smallest absolute Gasteiger partial charge is 0.295 e. The zero-order valence-corrected chi connectivity index (χ0v) is 13.9. The number of anilines is 1. The number of aromatic nitrogens is 5. The zero-order chi connectivity index (χ0) is 17.9. The Balaban J connectivity index is 1.53. The van der Waals surface area contributed by atoms with Crippen molar-refractivity contribution in [3.63, 3.8) is 0 Å². The number of carbonyl (C=O) groups is 1. The molecule has 2 aromatic carbocycles. The molecule has 2 aromatic heterocycles. The van der Waals surface area contributed by atoms with Gasteiger partial charge >= 0.3 is 0 Å². The summed E-state index contributed by atoms with van der Waals surface area (Å²) in [6.07, 6.45) is 1.72. The van der Waals surface area contributed by atoms with Crippen molar-refractivity contribution in [2.24, 2.45) is 0 Å². The predicted octanol–water partition coefficient (Wildman–Crippen LogP) is 3.04. The molecule has 0 fully saturated rings. The van der Waals surface area contributed by atoms with Gasteiger partial charge < -0.3 is 5.32 Å². The molecule has 0 saturated carbocycles. The summed E-state index contributed by atoms with van der Waals surface area (Å²) >= 11 is 0. The Hall–Kier alpha value is -3.74. The fraction of sp³-hybridized carbons (Fsp3) is 0.0526. The van der Waals surface area contributed by atoms with E-state index in [1.165, 1.54) is 0 Å². The van der Waals surface area contributed by atoms with Gasteiger partial charge in [-0.3, -0.25) is 4.79 Å². The average molecular weight is 342 g/mol. The van der Waals surface area contributed by atoms with Crippen molar-refractivity contribution in [1.82, 2.24) is 25.1 Å². The Labute approximate surface area is 149 Å². The summed E-state index contributed by atoms with van der Waals surface area (Å²) in [7, 11) is 0. The Morgan fingerprint density at radius 3 is 2.42 bits per heavy atom. The standard InChI is InChI=1S/C19H14N6O/c1-12-10-11-20-17(21-12)13-6-8-14(9-7-13)22-19(26)18-23-15-4-2-3-5-16(15)24-25-18/h2-11H,1H3,(H,22,26). The quantitative estimate of drug-likeness (QED) is 0.615. The van der Waals surface area contributed by atoms with Crippen molar-refractivity contribution in [1.29, 1.82) is 0 Å². The van der Waals surface area contributed by atoms with Crippen LogP contribution in [0.1, 0.15) is 16.3 Å². The number of para-hydroxylation sites is 1. The third kappa shape index (κ3) is 3.23. The molecule has 2 heterocycles. The first-order valence-corrected chi connectivity index (χ1v) is 8.00. The monoisotopic (exact) mass is 342 g/mol. The van der Waals surface area contributed by atoms with Crippen LogP contribution in [0.15, 0.2) is 60.8 Å². The van der Waals surface area contributed by atoms with Gasteiger partial charge in [-0.05, 0) is 49.4 Å². The maximum Gasteiger partial charge on any atom is 0.295 e. The van der Waals surface area contributed by atoms with Gasteiger partial charge in [0.1, 0.15) is 5.52 Å². The van der Waals surface area contributed by atoms with Crippen LogP contribution in [0.4, 0.5) is 5.69 Å². The van der Waals surface area contributed by atoms with E-state index >= 15 is 0 Å². The van der Waals surface area contributed by atoms with Crippen LogP contribution in [0.3, 0.4) is 0 Å². The number of benzene rings is 2. The molecule has 0 saturated heterocycles. The van der Waals surface area contributed by atoms with Crippen molar-refractivity contribution < 1.29 is 4.79 Å². The Morgan fingerprint density at radius 2 is 1.65 bits per heavy atom. The fourth-order valence-electron chi connectivity index (χ4n) is 2.45. The first-order chi connectivity index (χ1) is 12.7. The van der Waals surface area contributed by atoms with Gasteiger partial charge in [-0.25, -0.2) is 15.0 Å². The first-order valence-electron chi connectivity index (χ1n) is 8.00. The van der Waals surface area contributed by atoms with Gasteiger partial charge in [0.15, 0.2) is 5.82 Å². The van der Waals surface area contributed by atoms with Crippen LogP contribution in [0.2, 0.25) is 0 Å².